The standard InChI is InChI=1S/C18H26FN3O3/c1-2-20-18(21-9-13-3-5-23-6-4-13)22-10-14-7-16(19)8-15-11-24-12-25-17(14)15/h7-8,13H,2-6,9-12H2,1H3,(H2,20,21,22). The summed E-state index contributed by atoms with van der Waals surface area (Å²) in [5.41, 5.74) is 1.47. The zero-order valence-corrected chi connectivity index (χ0v) is 14.6. The van der Waals surface area contributed by atoms with Gasteiger partial charge in [0, 0.05) is 37.4 Å². The molecule has 2 N–H and O–H groups in total. The molecule has 2 aliphatic heterocycles. The molecular formula is C18H26FN3O3. The molecule has 0 radical (unpaired) electrons. The lowest BCUT2D eigenvalue weighted by molar-refractivity contribution is -0.0172. The van der Waals surface area contributed by atoms with Gasteiger partial charge in [0.2, 0.25) is 0 Å². The number of rotatable bonds is 5. The van der Waals surface area contributed by atoms with Crippen LogP contribution in [0.5, 0.6) is 5.75 Å². The molecule has 25 heavy (non-hydrogen) atoms. The van der Waals surface area contributed by atoms with E-state index in [0.29, 0.717) is 24.8 Å². The highest BCUT2D eigenvalue weighted by atomic mass is 19.1. The van der Waals surface area contributed by atoms with Gasteiger partial charge in [0.05, 0.1) is 13.2 Å². The minimum absolute atomic E-state index is 0.192. The lowest BCUT2D eigenvalue weighted by atomic mass is 10.0. The number of hydrogen-bond acceptors (Lipinski definition) is 4. The van der Waals surface area contributed by atoms with E-state index in [1.807, 2.05) is 6.92 Å². The summed E-state index contributed by atoms with van der Waals surface area (Å²) in [7, 11) is 0. The Kier molecular flexibility index (Phi) is 6.47. The highest BCUT2D eigenvalue weighted by Gasteiger charge is 2.17. The molecule has 138 valence electrons. The molecule has 0 amide bonds. The fraction of sp³-hybridized carbons (Fsp3) is 0.611. The zero-order chi connectivity index (χ0) is 17.5. The first-order valence-electron chi connectivity index (χ1n) is 8.88. The first-order valence-corrected chi connectivity index (χ1v) is 8.88. The van der Waals surface area contributed by atoms with Crippen LogP contribution >= 0.6 is 0 Å². The van der Waals surface area contributed by atoms with Gasteiger partial charge in [0.25, 0.3) is 0 Å². The molecule has 0 aliphatic carbocycles. The third-order valence-electron chi connectivity index (χ3n) is 4.40. The summed E-state index contributed by atoms with van der Waals surface area (Å²) >= 11 is 0. The maximum atomic E-state index is 13.8. The minimum Gasteiger partial charge on any atom is -0.467 e. The van der Waals surface area contributed by atoms with E-state index in [4.69, 9.17) is 14.2 Å². The average molecular weight is 351 g/mol. The molecule has 7 heteroatoms. The molecule has 6 nitrogen and oxygen atoms in total. The molecule has 1 saturated heterocycles. The van der Waals surface area contributed by atoms with Crippen molar-refractivity contribution in [1.29, 1.82) is 0 Å². The lowest BCUT2D eigenvalue weighted by Gasteiger charge is -2.23. The van der Waals surface area contributed by atoms with Gasteiger partial charge in [-0.25, -0.2) is 9.38 Å². The van der Waals surface area contributed by atoms with E-state index in [0.717, 1.165) is 56.2 Å². The Balaban J connectivity index is 1.65. The van der Waals surface area contributed by atoms with Gasteiger partial charge in [-0.15, -0.1) is 0 Å². The van der Waals surface area contributed by atoms with Crippen molar-refractivity contribution in [2.24, 2.45) is 10.9 Å². The van der Waals surface area contributed by atoms with E-state index < -0.39 is 0 Å². The fourth-order valence-electron chi connectivity index (χ4n) is 3.07. The van der Waals surface area contributed by atoms with Crippen molar-refractivity contribution in [2.75, 3.05) is 33.1 Å². The Morgan fingerprint density at radius 2 is 2.08 bits per heavy atom. The SMILES string of the molecule is CCNC(=NCc1cc(F)cc2c1OCOC2)NCC1CCOCC1. The molecule has 0 spiro atoms. The number of aliphatic imine (C=N–C) groups is 1. The second-order valence-corrected chi connectivity index (χ2v) is 6.30. The van der Waals surface area contributed by atoms with Gasteiger partial charge in [-0.2, -0.15) is 0 Å². The normalized spacial score (nSPS) is 18.4. The third kappa shape index (κ3) is 5.06. The van der Waals surface area contributed by atoms with Crippen LogP contribution in [0, 0.1) is 11.7 Å². The summed E-state index contributed by atoms with van der Waals surface area (Å²) in [6.07, 6.45) is 2.13. The van der Waals surface area contributed by atoms with Crippen molar-refractivity contribution in [3.05, 3.63) is 29.1 Å². The first kappa shape index (κ1) is 17.9. The predicted octanol–water partition coefficient (Wildman–Crippen LogP) is 2.17. The van der Waals surface area contributed by atoms with Gasteiger partial charge in [0.1, 0.15) is 11.6 Å². The summed E-state index contributed by atoms with van der Waals surface area (Å²) in [6.45, 7) is 6.22. The zero-order valence-electron chi connectivity index (χ0n) is 14.6. The summed E-state index contributed by atoms with van der Waals surface area (Å²) in [5, 5.41) is 6.61. The predicted molar refractivity (Wildman–Crippen MR) is 93.0 cm³/mol. The van der Waals surface area contributed by atoms with Crippen LogP contribution in [-0.4, -0.2) is 39.1 Å². The number of benzene rings is 1. The molecule has 0 saturated carbocycles. The Bertz CT molecular complexity index is 603. The van der Waals surface area contributed by atoms with Crippen LogP contribution in [0.15, 0.2) is 17.1 Å². The van der Waals surface area contributed by atoms with Gasteiger partial charge >= 0.3 is 0 Å². The monoisotopic (exact) mass is 351 g/mol. The molecule has 0 unspecified atom stereocenters. The number of ether oxygens (including phenoxy) is 3. The van der Waals surface area contributed by atoms with Gasteiger partial charge < -0.3 is 24.8 Å². The number of hydrogen-bond donors (Lipinski definition) is 2. The molecule has 3 rings (SSSR count). The van der Waals surface area contributed by atoms with Crippen LogP contribution in [-0.2, 0) is 22.6 Å². The van der Waals surface area contributed by atoms with E-state index in [2.05, 4.69) is 15.6 Å². The molecule has 0 aromatic heterocycles. The molecule has 1 aromatic rings. The average Bonchev–Trinajstić information content (AvgIpc) is 2.64. The van der Waals surface area contributed by atoms with Crippen LogP contribution in [0.4, 0.5) is 4.39 Å². The molecule has 0 bridgehead atoms. The summed E-state index contributed by atoms with van der Waals surface area (Å²) in [5.74, 6) is 1.73. The smallest absolute Gasteiger partial charge is 0.191 e. The third-order valence-corrected chi connectivity index (χ3v) is 4.40. The van der Waals surface area contributed by atoms with Gasteiger partial charge in [-0.1, -0.05) is 0 Å². The summed E-state index contributed by atoms with van der Waals surface area (Å²) < 4.78 is 30.0. The Labute approximate surface area is 147 Å². The van der Waals surface area contributed by atoms with Gasteiger partial charge in [0.15, 0.2) is 12.8 Å². The number of halogens is 1. The van der Waals surface area contributed by atoms with Crippen LogP contribution in [0.1, 0.15) is 30.9 Å². The largest absolute Gasteiger partial charge is 0.467 e. The Morgan fingerprint density at radius 3 is 2.88 bits per heavy atom. The Hall–Kier alpha value is -1.86. The number of guanidine groups is 1. The summed E-state index contributed by atoms with van der Waals surface area (Å²) in [4.78, 5) is 4.59. The minimum atomic E-state index is -0.293. The van der Waals surface area contributed by atoms with Crippen LogP contribution in [0.25, 0.3) is 0 Å². The number of fused-ring (bicyclic) bond motifs is 1. The molecule has 1 aromatic carbocycles. The highest BCUT2D eigenvalue weighted by Crippen LogP contribution is 2.29. The van der Waals surface area contributed by atoms with Crippen molar-refractivity contribution in [1.82, 2.24) is 10.6 Å². The van der Waals surface area contributed by atoms with Crippen molar-refractivity contribution in [2.45, 2.75) is 32.9 Å². The molecular weight excluding hydrogens is 325 g/mol. The van der Waals surface area contributed by atoms with Crippen molar-refractivity contribution >= 4 is 5.96 Å². The van der Waals surface area contributed by atoms with Gasteiger partial charge in [-0.05, 0) is 37.8 Å². The van der Waals surface area contributed by atoms with Crippen molar-refractivity contribution in [3.8, 4) is 5.75 Å². The van der Waals surface area contributed by atoms with Crippen LogP contribution in [0.3, 0.4) is 0 Å². The number of nitrogens with one attached hydrogen (secondary N) is 2. The second kappa shape index (κ2) is 9.01. The number of nitrogens with zero attached hydrogens (tertiary/aromatic N) is 1. The molecule has 2 aliphatic rings. The van der Waals surface area contributed by atoms with Gasteiger partial charge in [-0.3, -0.25) is 0 Å². The quantitative estimate of drug-likeness (QED) is 0.629. The maximum absolute atomic E-state index is 13.8. The van der Waals surface area contributed by atoms with E-state index in [9.17, 15) is 4.39 Å². The van der Waals surface area contributed by atoms with Crippen LogP contribution < -0.4 is 15.4 Å². The Morgan fingerprint density at radius 1 is 1.24 bits per heavy atom. The van der Waals surface area contributed by atoms with E-state index in [1.54, 1.807) is 0 Å². The molecule has 1 fully saturated rings. The maximum Gasteiger partial charge on any atom is 0.191 e. The van der Waals surface area contributed by atoms with E-state index in [-0.39, 0.29) is 12.6 Å². The lowest BCUT2D eigenvalue weighted by Crippen LogP contribution is -2.40. The van der Waals surface area contributed by atoms with Crippen LogP contribution in [0.2, 0.25) is 0 Å². The topological polar surface area (TPSA) is 64.1 Å². The fourth-order valence-corrected chi connectivity index (χ4v) is 3.07. The second-order valence-electron chi connectivity index (χ2n) is 6.30. The van der Waals surface area contributed by atoms with Crippen molar-refractivity contribution in [3.63, 3.8) is 0 Å². The highest BCUT2D eigenvalue weighted by molar-refractivity contribution is 5.79. The molecule has 0 atom stereocenters. The van der Waals surface area contributed by atoms with Crippen molar-refractivity contribution < 1.29 is 18.6 Å². The molecule has 2 heterocycles. The van der Waals surface area contributed by atoms with E-state index >= 15 is 0 Å². The first-order chi connectivity index (χ1) is 12.3. The van der Waals surface area contributed by atoms with E-state index in [1.165, 1.54) is 12.1 Å². The summed E-state index contributed by atoms with van der Waals surface area (Å²) in [6, 6.07) is 2.94.